The zero-order valence-corrected chi connectivity index (χ0v) is 27.7. The van der Waals surface area contributed by atoms with Crippen LogP contribution < -0.4 is 15.5 Å². The van der Waals surface area contributed by atoms with Crippen molar-refractivity contribution in [3.05, 3.63) is 71.0 Å². The molecule has 4 amide bonds. The molecule has 6 heterocycles. The first kappa shape index (κ1) is 31.5. The van der Waals surface area contributed by atoms with E-state index in [1.54, 1.807) is 18.3 Å². The number of likely N-dealkylation sites (tertiary alicyclic amines) is 1. The number of nitrogens with one attached hydrogen (secondary N) is 3. The third kappa shape index (κ3) is 6.04. The molecule has 3 fully saturated rings. The van der Waals surface area contributed by atoms with Crippen molar-refractivity contribution in [3.63, 3.8) is 0 Å². The Labute approximate surface area is 288 Å². The number of piperidine rings is 2. The number of fused-ring (bicyclic) bond motifs is 2. The molecule has 0 aliphatic carbocycles. The molecule has 2 aromatic carbocycles. The van der Waals surface area contributed by atoms with Crippen molar-refractivity contribution in [2.75, 3.05) is 42.9 Å². The van der Waals surface area contributed by atoms with Gasteiger partial charge in [0.05, 0.1) is 28.0 Å². The van der Waals surface area contributed by atoms with Gasteiger partial charge in [-0.1, -0.05) is 29.8 Å². The van der Waals surface area contributed by atoms with E-state index in [9.17, 15) is 19.2 Å². The van der Waals surface area contributed by atoms with E-state index in [2.05, 4.69) is 36.5 Å². The van der Waals surface area contributed by atoms with Crippen LogP contribution in [-0.2, 0) is 9.59 Å². The summed E-state index contributed by atoms with van der Waals surface area (Å²) in [6.07, 6.45) is 8.12. The standard InChI is InChI=1S/C36H37ClN8O4/c37-28-19-39-36(42-32(28)27-18-38-29-4-2-1-3-24(27)29)40-22-12-14-43(20-22)13-9-21-10-15-44(16-11-21)23-5-6-25-26(17-23)35(49)45(34(25)48)30-7-8-31(46)41-33(30)47/h1-6,17-19,21-22,30,38H,7-16,20H2,(H,39,40,42)(H,41,46,47)/t22-,30?/m1/s1. The number of carbonyl (C=O) groups excluding carboxylic acids is 4. The number of hydrogen-bond acceptors (Lipinski definition) is 9. The van der Waals surface area contributed by atoms with Crippen molar-refractivity contribution in [1.82, 2.24) is 30.1 Å². The zero-order chi connectivity index (χ0) is 33.6. The Balaban J connectivity index is 0.824. The Morgan fingerprint density at radius 1 is 0.918 bits per heavy atom. The van der Waals surface area contributed by atoms with Crippen LogP contribution in [0, 0.1) is 5.92 Å². The van der Waals surface area contributed by atoms with Crippen LogP contribution in [0.4, 0.5) is 11.6 Å². The lowest BCUT2D eigenvalue weighted by atomic mass is 9.93. The van der Waals surface area contributed by atoms with E-state index in [-0.39, 0.29) is 24.8 Å². The Hall–Kier alpha value is -4.81. The minimum Gasteiger partial charge on any atom is -0.371 e. The molecular formula is C36H37ClN8O4. The Morgan fingerprint density at radius 3 is 2.57 bits per heavy atom. The van der Waals surface area contributed by atoms with Crippen LogP contribution in [0.5, 0.6) is 0 Å². The van der Waals surface area contributed by atoms with E-state index in [1.807, 2.05) is 30.5 Å². The fourth-order valence-corrected chi connectivity index (χ4v) is 7.92. The number of aromatic nitrogens is 3. The molecule has 8 rings (SSSR count). The van der Waals surface area contributed by atoms with Gasteiger partial charge in [0.1, 0.15) is 6.04 Å². The number of imide groups is 2. The van der Waals surface area contributed by atoms with Crippen LogP contribution in [0.25, 0.3) is 22.2 Å². The van der Waals surface area contributed by atoms with E-state index in [0.29, 0.717) is 33.7 Å². The maximum Gasteiger partial charge on any atom is 0.262 e. The fourth-order valence-electron chi connectivity index (χ4n) is 7.73. The van der Waals surface area contributed by atoms with Gasteiger partial charge in [-0.25, -0.2) is 9.97 Å². The Kier molecular flexibility index (Phi) is 8.28. The molecule has 2 aromatic heterocycles. The molecule has 0 saturated carbocycles. The molecule has 4 aromatic rings. The quantitative estimate of drug-likeness (QED) is 0.230. The van der Waals surface area contributed by atoms with Crippen molar-refractivity contribution < 1.29 is 19.2 Å². The Morgan fingerprint density at radius 2 is 1.73 bits per heavy atom. The summed E-state index contributed by atoms with van der Waals surface area (Å²) in [6.45, 7) is 4.75. The molecule has 0 spiro atoms. The van der Waals surface area contributed by atoms with Crippen LogP contribution in [0.1, 0.15) is 59.2 Å². The lowest BCUT2D eigenvalue weighted by Gasteiger charge is -2.34. The fraction of sp³-hybridized carbons (Fsp3) is 0.389. The number of halogens is 1. The second-order valence-corrected chi connectivity index (χ2v) is 13.9. The van der Waals surface area contributed by atoms with Crippen LogP contribution >= 0.6 is 11.6 Å². The normalized spacial score (nSPS) is 21.9. The minimum atomic E-state index is -0.958. The van der Waals surface area contributed by atoms with Gasteiger partial charge in [0.15, 0.2) is 0 Å². The molecule has 2 atom stereocenters. The largest absolute Gasteiger partial charge is 0.371 e. The highest BCUT2D eigenvalue weighted by atomic mass is 35.5. The SMILES string of the molecule is O=C1CCC(N2C(=O)c3ccc(N4CCC(CCN5CC[C@@H](Nc6ncc(Cl)c(-c7c[nH]c8ccccc78)n6)C5)CC4)cc3C2=O)C(=O)N1. The summed E-state index contributed by atoms with van der Waals surface area (Å²) in [4.78, 5) is 68.7. The highest BCUT2D eigenvalue weighted by Gasteiger charge is 2.44. The summed E-state index contributed by atoms with van der Waals surface area (Å²) >= 11 is 6.53. The topological polar surface area (TPSA) is 144 Å². The predicted molar refractivity (Wildman–Crippen MR) is 185 cm³/mol. The van der Waals surface area contributed by atoms with Crippen molar-refractivity contribution >= 4 is 57.8 Å². The number of carbonyl (C=O) groups is 4. The van der Waals surface area contributed by atoms with Gasteiger partial charge in [-0.3, -0.25) is 29.4 Å². The van der Waals surface area contributed by atoms with Gasteiger partial charge >= 0.3 is 0 Å². The molecular weight excluding hydrogens is 644 g/mol. The second kappa shape index (κ2) is 12.9. The van der Waals surface area contributed by atoms with Gasteiger partial charge in [-0.05, 0) is 68.8 Å². The predicted octanol–water partition coefficient (Wildman–Crippen LogP) is 4.47. The molecule has 4 aliphatic rings. The molecule has 252 valence electrons. The highest BCUT2D eigenvalue weighted by Crippen LogP contribution is 2.34. The van der Waals surface area contributed by atoms with E-state index in [4.69, 9.17) is 16.6 Å². The maximum atomic E-state index is 13.3. The van der Waals surface area contributed by atoms with Gasteiger partial charge in [0.25, 0.3) is 11.8 Å². The lowest BCUT2D eigenvalue weighted by molar-refractivity contribution is -0.136. The average molecular weight is 681 g/mol. The first-order valence-corrected chi connectivity index (χ1v) is 17.4. The number of nitrogens with zero attached hydrogens (tertiary/aromatic N) is 5. The number of anilines is 2. The van der Waals surface area contributed by atoms with E-state index in [1.165, 1.54) is 0 Å². The van der Waals surface area contributed by atoms with Crippen LogP contribution in [0.15, 0.2) is 54.9 Å². The smallest absolute Gasteiger partial charge is 0.262 e. The third-order valence-corrected chi connectivity index (χ3v) is 10.7. The summed E-state index contributed by atoms with van der Waals surface area (Å²) in [6, 6.07) is 12.8. The molecule has 0 bridgehead atoms. The van der Waals surface area contributed by atoms with E-state index < -0.39 is 23.8 Å². The molecule has 49 heavy (non-hydrogen) atoms. The molecule has 0 radical (unpaired) electrons. The first-order chi connectivity index (χ1) is 23.8. The van der Waals surface area contributed by atoms with Gasteiger partial charge in [-0.2, -0.15) is 0 Å². The number of rotatable bonds is 8. The van der Waals surface area contributed by atoms with Gasteiger partial charge in [0.2, 0.25) is 17.8 Å². The molecule has 3 N–H and O–H groups in total. The van der Waals surface area contributed by atoms with Crippen LogP contribution in [0.3, 0.4) is 0 Å². The molecule has 4 aliphatic heterocycles. The minimum absolute atomic E-state index is 0.103. The maximum absolute atomic E-state index is 13.3. The molecule has 13 heteroatoms. The summed E-state index contributed by atoms with van der Waals surface area (Å²) in [7, 11) is 0. The van der Waals surface area contributed by atoms with E-state index in [0.717, 1.165) is 85.5 Å². The number of para-hydroxylation sites is 1. The summed E-state index contributed by atoms with van der Waals surface area (Å²) in [5.74, 6) is -0.726. The average Bonchev–Trinajstić information content (AvgIpc) is 3.81. The van der Waals surface area contributed by atoms with Crippen molar-refractivity contribution in [1.29, 1.82) is 0 Å². The van der Waals surface area contributed by atoms with Crippen molar-refractivity contribution in [2.45, 2.75) is 50.6 Å². The highest BCUT2D eigenvalue weighted by molar-refractivity contribution is 6.33. The monoisotopic (exact) mass is 680 g/mol. The van der Waals surface area contributed by atoms with Crippen LogP contribution in [0.2, 0.25) is 5.02 Å². The number of aromatic amines is 1. The summed E-state index contributed by atoms with van der Waals surface area (Å²) in [5, 5.41) is 7.38. The van der Waals surface area contributed by atoms with Crippen molar-refractivity contribution in [2.24, 2.45) is 5.92 Å². The molecule has 1 unspecified atom stereocenters. The Bertz CT molecular complexity index is 1970. The first-order valence-electron chi connectivity index (χ1n) is 17.0. The molecule has 3 saturated heterocycles. The molecule has 12 nitrogen and oxygen atoms in total. The number of amides is 4. The van der Waals surface area contributed by atoms with Crippen molar-refractivity contribution in [3.8, 4) is 11.3 Å². The zero-order valence-electron chi connectivity index (χ0n) is 27.0. The van der Waals surface area contributed by atoms with Gasteiger partial charge in [-0.15, -0.1) is 0 Å². The second-order valence-electron chi connectivity index (χ2n) is 13.5. The summed E-state index contributed by atoms with van der Waals surface area (Å²) in [5.41, 5.74) is 4.26. The number of hydrogen-bond donors (Lipinski definition) is 3. The van der Waals surface area contributed by atoms with Gasteiger partial charge in [0, 0.05) is 67.0 Å². The lowest BCUT2D eigenvalue weighted by Crippen LogP contribution is -2.54. The van der Waals surface area contributed by atoms with Gasteiger partial charge < -0.3 is 20.1 Å². The summed E-state index contributed by atoms with van der Waals surface area (Å²) < 4.78 is 0. The number of H-pyrrole nitrogens is 1. The van der Waals surface area contributed by atoms with E-state index >= 15 is 0 Å². The van der Waals surface area contributed by atoms with Crippen LogP contribution in [-0.4, -0.2) is 93.2 Å². The number of benzene rings is 2. The third-order valence-electron chi connectivity index (χ3n) is 10.5.